The number of benzene rings is 1. The van der Waals surface area contributed by atoms with Gasteiger partial charge in [0.05, 0.1) is 6.54 Å². The van der Waals surface area contributed by atoms with Gasteiger partial charge in [-0.05, 0) is 37.5 Å². The molecular weight excluding hydrogens is 392 g/mol. The topological polar surface area (TPSA) is 113 Å². The van der Waals surface area contributed by atoms with Gasteiger partial charge in [0.15, 0.2) is 0 Å². The van der Waals surface area contributed by atoms with Crippen LogP contribution in [-0.4, -0.2) is 55.6 Å². The Kier molecular flexibility index (Phi) is 7.60. The molecule has 0 radical (unpaired) electrons. The van der Waals surface area contributed by atoms with Gasteiger partial charge in [-0.3, -0.25) is 9.59 Å². The Morgan fingerprint density at radius 2 is 1.85 bits per heavy atom. The molecule has 1 aromatic carbocycles. The first-order valence-electron chi connectivity index (χ1n) is 8.78. The molecule has 1 aromatic rings. The zero-order chi connectivity index (χ0) is 20.0. The first-order chi connectivity index (χ1) is 12.7. The summed E-state index contributed by atoms with van der Waals surface area (Å²) in [5, 5.41) is 8.53. The maximum atomic E-state index is 12.7. The number of piperidine rings is 1. The molecule has 0 atom stereocenters. The number of amides is 2. The van der Waals surface area contributed by atoms with Crippen LogP contribution in [0.4, 0.5) is 0 Å². The Balaban J connectivity index is 1.84. The lowest BCUT2D eigenvalue weighted by atomic mass is 9.96. The van der Waals surface area contributed by atoms with E-state index < -0.39 is 10.2 Å². The average molecular weight is 417 g/mol. The summed E-state index contributed by atoms with van der Waals surface area (Å²) in [5.41, 5.74) is 0.914. The normalized spacial score (nSPS) is 16.1. The minimum Gasteiger partial charge on any atom is -0.350 e. The van der Waals surface area contributed by atoms with Gasteiger partial charge in [-0.1, -0.05) is 23.7 Å². The van der Waals surface area contributed by atoms with E-state index in [1.54, 1.807) is 12.1 Å². The Morgan fingerprint density at radius 3 is 2.37 bits per heavy atom. The number of rotatable bonds is 7. The molecule has 3 N–H and O–H groups in total. The lowest BCUT2D eigenvalue weighted by Crippen LogP contribution is -2.48. The number of carbonyl (C=O) groups is 2. The lowest BCUT2D eigenvalue weighted by molar-refractivity contribution is -0.140. The number of hydrogen-bond acceptors (Lipinski definition) is 4. The summed E-state index contributed by atoms with van der Waals surface area (Å²) in [5.74, 6) is -0.678. The summed E-state index contributed by atoms with van der Waals surface area (Å²) in [6.07, 6.45) is 0.802. The molecule has 2 rings (SSSR count). The number of nitrogens with two attached hydrogens (primary N) is 1. The molecule has 0 unspecified atom stereocenters. The number of hydrogen-bond donors (Lipinski definition) is 2. The molecule has 10 heteroatoms. The van der Waals surface area contributed by atoms with Crippen LogP contribution in [0.5, 0.6) is 0 Å². The molecular formula is C17H25ClN4O4S. The monoisotopic (exact) mass is 416 g/mol. The molecule has 1 fully saturated rings. The molecule has 1 heterocycles. The highest BCUT2D eigenvalue weighted by molar-refractivity contribution is 7.86. The maximum absolute atomic E-state index is 12.7. The van der Waals surface area contributed by atoms with Crippen LogP contribution in [0.3, 0.4) is 0 Å². The van der Waals surface area contributed by atoms with Gasteiger partial charge in [0, 0.05) is 37.1 Å². The molecule has 0 aromatic heterocycles. The van der Waals surface area contributed by atoms with Crippen LogP contribution in [0.1, 0.15) is 25.3 Å². The maximum Gasteiger partial charge on any atom is 0.276 e. The van der Waals surface area contributed by atoms with Gasteiger partial charge in [-0.15, -0.1) is 0 Å². The summed E-state index contributed by atoms with van der Waals surface area (Å²) in [6.45, 7) is 2.98. The Morgan fingerprint density at radius 1 is 1.26 bits per heavy atom. The number of nitrogens with one attached hydrogen (secondary N) is 1. The van der Waals surface area contributed by atoms with Crippen molar-refractivity contribution in [2.24, 2.45) is 11.1 Å². The van der Waals surface area contributed by atoms with Gasteiger partial charge in [0.2, 0.25) is 11.8 Å². The second kappa shape index (κ2) is 9.50. The molecule has 1 aliphatic rings. The highest BCUT2D eigenvalue weighted by Crippen LogP contribution is 2.20. The largest absolute Gasteiger partial charge is 0.350 e. The minimum atomic E-state index is -3.72. The van der Waals surface area contributed by atoms with Gasteiger partial charge in [0.1, 0.15) is 0 Å². The predicted molar refractivity (Wildman–Crippen MR) is 103 cm³/mol. The third-order valence-corrected chi connectivity index (χ3v) is 5.93. The van der Waals surface area contributed by atoms with Crippen LogP contribution < -0.4 is 10.5 Å². The summed E-state index contributed by atoms with van der Waals surface area (Å²) in [7, 11) is -3.72. The van der Waals surface area contributed by atoms with Crippen LogP contribution in [0.2, 0.25) is 5.02 Å². The first-order valence-corrected chi connectivity index (χ1v) is 10.7. The molecule has 0 saturated carbocycles. The first kappa shape index (κ1) is 21.6. The SMILES string of the molecule is CCN(CC(=O)NCc1ccc(Cl)cc1)C(=O)C1CCN(S(N)(=O)=O)CC1. The van der Waals surface area contributed by atoms with Crippen LogP contribution in [0.25, 0.3) is 0 Å². The van der Waals surface area contributed by atoms with Crippen molar-refractivity contribution in [1.29, 1.82) is 0 Å². The molecule has 2 amide bonds. The molecule has 8 nitrogen and oxygen atoms in total. The second-order valence-electron chi connectivity index (χ2n) is 6.47. The van der Waals surface area contributed by atoms with Crippen LogP contribution >= 0.6 is 11.6 Å². The van der Waals surface area contributed by atoms with E-state index in [0.717, 1.165) is 5.56 Å². The van der Waals surface area contributed by atoms with E-state index in [1.807, 2.05) is 19.1 Å². The van der Waals surface area contributed by atoms with E-state index >= 15 is 0 Å². The fourth-order valence-corrected chi connectivity index (χ4v) is 3.84. The molecule has 0 spiro atoms. The summed E-state index contributed by atoms with van der Waals surface area (Å²) in [6, 6.07) is 7.15. The number of nitrogens with zero attached hydrogens (tertiary/aromatic N) is 2. The highest BCUT2D eigenvalue weighted by atomic mass is 35.5. The van der Waals surface area contributed by atoms with Crippen molar-refractivity contribution in [2.45, 2.75) is 26.3 Å². The Hall–Kier alpha value is -1.68. The van der Waals surface area contributed by atoms with Crippen molar-refractivity contribution in [2.75, 3.05) is 26.2 Å². The fourth-order valence-electron chi connectivity index (χ4n) is 2.99. The molecule has 0 bridgehead atoms. The number of likely N-dealkylation sites (N-methyl/N-ethyl adjacent to an activating group) is 1. The standard InChI is InChI=1S/C17H25ClN4O4S/c1-2-21(12-16(23)20-11-13-3-5-15(18)6-4-13)17(24)14-7-9-22(10-8-14)27(19,25)26/h3-6,14H,2,7-12H2,1H3,(H,20,23)(H2,19,25,26). The zero-order valence-corrected chi connectivity index (χ0v) is 16.8. The lowest BCUT2D eigenvalue weighted by Gasteiger charge is -2.32. The van der Waals surface area contributed by atoms with E-state index in [9.17, 15) is 18.0 Å². The minimum absolute atomic E-state index is 0.0294. The van der Waals surface area contributed by atoms with Crippen LogP contribution in [0, 0.1) is 5.92 Å². The Bertz CT molecular complexity index is 762. The van der Waals surface area contributed by atoms with Crippen molar-refractivity contribution in [3.63, 3.8) is 0 Å². The third kappa shape index (κ3) is 6.46. The van der Waals surface area contributed by atoms with Crippen LogP contribution in [-0.2, 0) is 26.3 Å². The smallest absolute Gasteiger partial charge is 0.276 e. The van der Waals surface area contributed by atoms with E-state index in [1.165, 1.54) is 9.21 Å². The van der Waals surface area contributed by atoms with Crippen molar-refractivity contribution < 1.29 is 18.0 Å². The van der Waals surface area contributed by atoms with E-state index in [4.69, 9.17) is 16.7 Å². The summed E-state index contributed by atoms with van der Waals surface area (Å²) < 4.78 is 23.9. The van der Waals surface area contributed by atoms with E-state index in [2.05, 4.69) is 5.32 Å². The molecule has 27 heavy (non-hydrogen) atoms. The van der Waals surface area contributed by atoms with Gasteiger partial charge in [-0.25, -0.2) is 5.14 Å². The second-order valence-corrected chi connectivity index (χ2v) is 8.46. The van der Waals surface area contributed by atoms with Gasteiger partial charge in [-0.2, -0.15) is 12.7 Å². The number of halogens is 1. The van der Waals surface area contributed by atoms with E-state index in [0.29, 0.717) is 31.0 Å². The summed E-state index contributed by atoms with van der Waals surface area (Å²) >= 11 is 5.83. The average Bonchev–Trinajstić information content (AvgIpc) is 2.64. The molecule has 1 saturated heterocycles. The highest BCUT2D eigenvalue weighted by Gasteiger charge is 2.31. The zero-order valence-electron chi connectivity index (χ0n) is 15.2. The van der Waals surface area contributed by atoms with Crippen molar-refractivity contribution in [3.05, 3.63) is 34.9 Å². The van der Waals surface area contributed by atoms with Gasteiger partial charge < -0.3 is 10.2 Å². The Labute approximate surface area is 164 Å². The predicted octanol–water partition coefficient (Wildman–Crippen LogP) is 0.720. The van der Waals surface area contributed by atoms with Crippen LogP contribution in [0.15, 0.2) is 24.3 Å². The molecule has 1 aliphatic heterocycles. The van der Waals surface area contributed by atoms with E-state index in [-0.39, 0.29) is 37.4 Å². The quantitative estimate of drug-likeness (QED) is 0.681. The van der Waals surface area contributed by atoms with Crippen molar-refractivity contribution in [1.82, 2.24) is 14.5 Å². The number of carbonyl (C=O) groups excluding carboxylic acids is 2. The third-order valence-electron chi connectivity index (χ3n) is 4.59. The van der Waals surface area contributed by atoms with Crippen molar-refractivity contribution in [3.8, 4) is 0 Å². The van der Waals surface area contributed by atoms with Gasteiger partial charge >= 0.3 is 0 Å². The van der Waals surface area contributed by atoms with Gasteiger partial charge in [0.25, 0.3) is 10.2 Å². The summed E-state index contributed by atoms with van der Waals surface area (Å²) in [4.78, 5) is 26.3. The van der Waals surface area contributed by atoms with Crippen molar-refractivity contribution >= 4 is 33.6 Å². The molecule has 0 aliphatic carbocycles. The molecule has 150 valence electrons. The fraction of sp³-hybridized carbons (Fsp3) is 0.529.